The predicted octanol–water partition coefficient (Wildman–Crippen LogP) is 1.14. The van der Waals surface area contributed by atoms with E-state index in [1.807, 2.05) is 6.92 Å². The Kier molecular flexibility index (Phi) is 3.74. The van der Waals surface area contributed by atoms with E-state index in [1.54, 1.807) is 13.1 Å². The van der Waals surface area contributed by atoms with Crippen molar-refractivity contribution in [3.05, 3.63) is 62.2 Å². The monoisotopic (exact) mass is 277 g/mol. The standard InChI is InChI=1S/C14H16FN3O2/c1-9-4-5-11(15)6-12(9)16-7-10-8-17(2)14(20)18(3)13(10)19/h4-6,8,16H,7H2,1-3H3. The van der Waals surface area contributed by atoms with Crippen LogP contribution < -0.4 is 16.6 Å². The van der Waals surface area contributed by atoms with Crippen molar-refractivity contribution < 1.29 is 4.39 Å². The summed E-state index contributed by atoms with van der Waals surface area (Å²) in [4.78, 5) is 23.5. The molecule has 5 nitrogen and oxygen atoms in total. The third-order valence-corrected chi connectivity index (χ3v) is 3.19. The summed E-state index contributed by atoms with van der Waals surface area (Å²) in [6, 6.07) is 4.42. The van der Waals surface area contributed by atoms with Gasteiger partial charge in [0.25, 0.3) is 5.56 Å². The topological polar surface area (TPSA) is 56.0 Å². The van der Waals surface area contributed by atoms with Crippen molar-refractivity contribution in [2.75, 3.05) is 5.32 Å². The molecule has 0 atom stereocenters. The Balaban J connectivity index is 2.30. The molecule has 0 aliphatic carbocycles. The van der Waals surface area contributed by atoms with Gasteiger partial charge in [0.2, 0.25) is 0 Å². The molecule has 0 bridgehead atoms. The number of halogens is 1. The summed E-state index contributed by atoms with van der Waals surface area (Å²) >= 11 is 0. The molecule has 0 saturated heterocycles. The second kappa shape index (κ2) is 5.32. The number of benzene rings is 1. The first-order valence-corrected chi connectivity index (χ1v) is 6.15. The summed E-state index contributed by atoms with van der Waals surface area (Å²) < 4.78 is 15.6. The zero-order chi connectivity index (χ0) is 14.9. The molecule has 2 rings (SSSR count). The number of aryl methyl sites for hydroxylation is 2. The van der Waals surface area contributed by atoms with Gasteiger partial charge in [-0.3, -0.25) is 9.36 Å². The molecule has 0 aliphatic rings. The van der Waals surface area contributed by atoms with Crippen LogP contribution in [-0.4, -0.2) is 9.13 Å². The van der Waals surface area contributed by atoms with E-state index < -0.39 is 0 Å². The third kappa shape index (κ3) is 2.64. The van der Waals surface area contributed by atoms with E-state index in [1.165, 1.54) is 29.9 Å². The first-order valence-electron chi connectivity index (χ1n) is 6.15. The molecule has 0 aliphatic heterocycles. The molecule has 20 heavy (non-hydrogen) atoms. The molecule has 0 fully saturated rings. The molecular formula is C14H16FN3O2. The van der Waals surface area contributed by atoms with Crippen LogP contribution in [0.4, 0.5) is 10.1 Å². The molecule has 0 spiro atoms. The van der Waals surface area contributed by atoms with Crippen molar-refractivity contribution in [2.45, 2.75) is 13.5 Å². The van der Waals surface area contributed by atoms with Crippen molar-refractivity contribution in [1.82, 2.24) is 9.13 Å². The summed E-state index contributed by atoms with van der Waals surface area (Å²) in [6.07, 6.45) is 1.49. The normalized spacial score (nSPS) is 10.6. The van der Waals surface area contributed by atoms with Crippen LogP contribution in [0.5, 0.6) is 0 Å². The zero-order valence-corrected chi connectivity index (χ0v) is 11.6. The van der Waals surface area contributed by atoms with Crippen LogP contribution in [-0.2, 0) is 20.6 Å². The summed E-state index contributed by atoms with van der Waals surface area (Å²) in [5, 5.41) is 3.02. The van der Waals surface area contributed by atoms with E-state index >= 15 is 0 Å². The lowest BCUT2D eigenvalue weighted by atomic mass is 10.2. The van der Waals surface area contributed by atoms with Crippen LogP contribution in [0.3, 0.4) is 0 Å². The average molecular weight is 277 g/mol. The fraction of sp³-hybridized carbons (Fsp3) is 0.286. The fourth-order valence-corrected chi connectivity index (χ4v) is 1.98. The first kappa shape index (κ1) is 14.0. The average Bonchev–Trinajstić information content (AvgIpc) is 2.42. The van der Waals surface area contributed by atoms with Crippen molar-refractivity contribution in [3.63, 3.8) is 0 Å². The van der Waals surface area contributed by atoms with E-state index in [-0.39, 0.29) is 23.6 Å². The number of rotatable bonds is 3. The van der Waals surface area contributed by atoms with Crippen LogP contribution in [0.15, 0.2) is 34.0 Å². The summed E-state index contributed by atoms with van der Waals surface area (Å²) in [6.45, 7) is 2.08. The highest BCUT2D eigenvalue weighted by atomic mass is 19.1. The minimum atomic E-state index is -0.374. The van der Waals surface area contributed by atoms with Crippen LogP contribution in [0.1, 0.15) is 11.1 Å². The van der Waals surface area contributed by atoms with Crippen molar-refractivity contribution >= 4 is 5.69 Å². The van der Waals surface area contributed by atoms with E-state index in [0.717, 1.165) is 10.1 Å². The maximum atomic E-state index is 13.2. The number of hydrogen-bond donors (Lipinski definition) is 1. The van der Waals surface area contributed by atoms with E-state index in [9.17, 15) is 14.0 Å². The lowest BCUT2D eigenvalue weighted by molar-refractivity contribution is 0.627. The Labute approximate surface area is 115 Å². The summed E-state index contributed by atoms with van der Waals surface area (Å²) in [5.74, 6) is -0.341. The highest BCUT2D eigenvalue weighted by Gasteiger charge is 2.07. The fourth-order valence-electron chi connectivity index (χ4n) is 1.98. The minimum absolute atomic E-state index is 0.227. The number of hydrogen-bond acceptors (Lipinski definition) is 3. The van der Waals surface area contributed by atoms with Crippen molar-refractivity contribution in [3.8, 4) is 0 Å². The molecule has 1 aromatic heterocycles. The molecule has 2 aromatic rings. The van der Waals surface area contributed by atoms with Gasteiger partial charge in [0.1, 0.15) is 5.82 Å². The highest BCUT2D eigenvalue weighted by Crippen LogP contribution is 2.16. The maximum absolute atomic E-state index is 13.2. The highest BCUT2D eigenvalue weighted by molar-refractivity contribution is 5.50. The van der Waals surface area contributed by atoms with Gasteiger partial charge in [-0.05, 0) is 24.6 Å². The molecule has 0 saturated carbocycles. The van der Waals surface area contributed by atoms with Gasteiger partial charge in [0.15, 0.2) is 0 Å². The van der Waals surface area contributed by atoms with Crippen molar-refractivity contribution in [2.24, 2.45) is 14.1 Å². The Hall–Kier alpha value is -2.37. The molecule has 0 radical (unpaired) electrons. The summed E-state index contributed by atoms with van der Waals surface area (Å²) in [7, 11) is 3.01. The van der Waals surface area contributed by atoms with E-state index in [2.05, 4.69) is 5.32 Å². The van der Waals surface area contributed by atoms with E-state index in [4.69, 9.17) is 0 Å². The van der Waals surface area contributed by atoms with Crippen molar-refractivity contribution in [1.29, 1.82) is 0 Å². The number of anilines is 1. The van der Waals surface area contributed by atoms with Gasteiger partial charge in [-0.25, -0.2) is 9.18 Å². The zero-order valence-electron chi connectivity index (χ0n) is 11.6. The van der Waals surface area contributed by atoms with Gasteiger partial charge in [0.05, 0.1) is 5.56 Å². The van der Waals surface area contributed by atoms with Gasteiger partial charge in [-0.1, -0.05) is 6.07 Å². The second-order valence-corrected chi connectivity index (χ2v) is 4.72. The molecule has 1 N–H and O–H groups in total. The Morgan fingerprint density at radius 3 is 2.65 bits per heavy atom. The van der Waals surface area contributed by atoms with Crippen LogP contribution in [0.25, 0.3) is 0 Å². The van der Waals surface area contributed by atoms with Gasteiger partial charge in [-0.15, -0.1) is 0 Å². The lowest BCUT2D eigenvalue weighted by Gasteiger charge is -2.11. The quantitative estimate of drug-likeness (QED) is 0.915. The molecule has 0 amide bonds. The third-order valence-electron chi connectivity index (χ3n) is 3.19. The van der Waals surface area contributed by atoms with Gasteiger partial charge in [0, 0.05) is 32.5 Å². The number of nitrogens with one attached hydrogen (secondary N) is 1. The van der Waals surface area contributed by atoms with E-state index in [0.29, 0.717) is 11.3 Å². The Morgan fingerprint density at radius 2 is 1.95 bits per heavy atom. The SMILES string of the molecule is Cc1ccc(F)cc1NCc1cn(C)c(=O)n(C)c1=O. The smallest absolute Gasteiger partial charge is 0.330 e. The predicted molar refractivity (Wildman–Crippen MR) is 75.4 cm³/mol. The first-order chi connectivity index (χ1) is 9.40. The molecule has 1 heterocycles. The largest absolute Gasteiger partial charge is 0.380 e. The number of nitrogens with zero attached hydrogens (tertiary/aromatic N) is 2. The Morgan fingerprint density at radius 1 is 1.25 bits per heavy atom. The molecule has 1 aromatic carbocycles. The molecule has 0 unspecified atom stereocenters. The van der Waals surface area contributed by atoms with Gasteiger partial charge in [-0.2, -0.15) is 0 Å². The second-order valence-electron chi connectivity index (χ2n) is 4.72. The Bertz CT molecular complexity index is 762. The molecular weight excluding hydrogens is 261 g/mol. The van der Waals surface area contributed by atoms with Gasteiger partial charge < -0.3 is 9.88 Å². The number of aromatic nitrogens is 2. The minimum Gasteiger partial charge on any atom is -0.380 e. The van der Waals surface area contributed by atoms with Crippen LogP contribution in [0, 0.1) is 12.7 Å². The van der Waals surface area contributed by atoms with Gasteiger partial charge >= 0.3 is 5.69 Å². The maximum Gasteiger partial charge on any atom is 0.330 e. The lowest BCUT2D eigenvalue weighted by Crippen LogP contribution is -2.38. The summed E-state index contributed by atoms with van der Waals surface area (Å²) in [5.41, 5.74) is 1.22. The van der Waals surface area contributed by atoms with Crippen LogP contribution >= 0.6 is 0 Å². The molecule has 106 valence electrons. The van der Waals surface area contributed by atoms with Crippen LogP contribution in [0.2, 0.25) is 0 Å². The molecule has 6 heteroatoms.